The van der Waals surface area contributed by atoms with Gasteiger partial charge in [0.25, 0.3) is 0 Å². The first-order valence-electron chi connectivity index (χ1n) is 10.8. The average molecular weight is 507 g/mol. The molecule has 0 radical (unpaired) electrons. The van der Waals surface area contributed by atoms with Gasteiger partial charge in [0.2, 0.25) is 0 Å². The molecule has 184 valence electrons. The third-order valence-electron chi connectivity index (χ3n) is 6.12. The number of ketones is 1. The molecule has 2 aromatic carbocycles. The number of alkyl halides is 2. The van der Waals surface area contributed by atoms with Crippen molar-refractivity contribution in [1.29, 1.82) is 0 Å². The van der Waals surface area contributed by atoms with Crippen molar-refractivity contribution >= 4 is 46.0 Å². The van der Waals surface area contributed by atoms with Crippen LogP contribution in [0.1, 0.15) is 18.4 Å². The topological polar surface area (TPSA) is 97.4 Å². The Morgan fingerprint density at radius 1 is 1.17 bits per heavy atom. The Balaban J connectivity index is 1.55. The lowest BCUT2D eigenvalue weighted by Gasteiger charge is -2.23. The molecule has 2 atom stereocenters. The third kappa shape index (κ3) is 4.84. The van der Waals surface area contributed by atoms with E-state index in [1.807, 2.05) is 0 Å². The van der Waals surface area contributed by atoms with Crippen molar-refractivity contribution in [2.45, 2.75) is 31.0 Å². The van der Waals surface area contributed by atoms with E-state index in [1.165, 1.54) is 18.3 Å². The summed E-state index contributed by atoms with van der Waals surface area (Å²) in [5.74, 6) is -1.19. The molecule has 3 aromatic rings. The summed E-state index contributed by atoms with van der Waals surface area (Å²) in [5.41, 5.74) is 3.87. The van der Waals surface area contributed by atoms with E-state index in [2.05, 4.69) is 5.32 Å². The number of fused-ring (bicyclic) bond motifs is 1. The number of likely N-dealkylation sites (tertiary alicyclic amines) is 1. The zero-order chi connectivity index (χ0) is 25.3. The van der Waals surface area contributed by atoms with Crippen LogP contribution >= 0.6 is 11.6 Å². The second kappa shape index (κ2) is 9.61. The van der Waals surface area contributed by atoms with Crippen LogP contribution in [-0.2, 0) is 11.2 Å². The first kappa shape index (κ1) is 24.6. The first-order chi connectivity index (χ1) is 16.6. The smallest absolute Gasteiger partial charge is 0.323 e. The van der Waals surface area contributed by atoms with E-state index in [0.29, 0.717) is 10.9 Å². The van der Waals surface area contributed by atoms with E-state index in [4.69, 9.17) is 17.3 Å². The normalized spacial score (nSPS) is 19.8. The summed E-state index contributed by atoms with van der Waals surface area (Å²) in [5, 5.41) is 2.98. The maximum absolute atomic E-state index is 15.0. The quantitative estimate of drug-likeness (QED) is 0.500. The van der Waals surface area contributed by atoms with Gasteiger partial charge in [-0.1, -0.05) is 41.9 Å². The molecule has 1 aliphatic heterocycles. The van der Waals surface area contributed by atoms with E-state index in [9.17, 15) is 27.6 Å². The van der Waals surface area contributed by atoms with Crippen molar-refractivity contribution in [2.24, 2.45) is 5.73 Å². The van der Waals surface area contributed by atoms with Crippen LogP contribution in [0.2, 0.25) is 5.02 Å². The molecule has 0 unspecified atom stereocenters. The second-order valence-corrected chi connectivity index (χ2v) is 8.92. The van der Waals surface area contributed by atoms with Gasteiger partial charge in [-0.3, -0.25) is 9.36 Å². The van der Waals surface area contributed by atoms with Gasteiger partial charge in [-0.25, -0.2) is 22.8 Å². The van der Waals surface area contributed by atoms with Gasteiger partial charge in [0.1, 0.15) is 12.5 Å². The Morgan fingerprint density at radius 2 is 1.91 bits per heavy atom. The summed E-state index contributed by atoms with van der Waals surface area (Å²) in [7, 11) is 0. The number of urea groups is 1. The van der Waals surface area contributed by atoms with Crippen LogP contribution in [-0.4, -0.2) is 52.2 Å². The van der Waals surface area contributed by atoms with Crippen LogP contribution in [0.4, 0.5) is 28.4 Å². The Kier molecular flexibility index (Phi) is 6.75. The van der Waals surface area contributed by atoms with Crippen molar-refractivity contribution < 1.29 is 27.6 Å². The zero-order valence-electron chi connectivity index (χ0n) is 18.4. The number of benzene rings is 2. The number of rotatable bonds is 6. The van der Waals surface area contributed by atoms with Gasteiger partial charge >= 0.3 is 12.1 Å². The van der Waals surface area contributed by atoms with Gasteiger partial charge in [0, 0.05) is 24.4 Å². The fourth-order valence-corrected chi connectivity index (χ4v) is 4.54. The molecule has 2 heterocycles. The number of Topliss-reactive ketones (excluding diaryl/α,β-unsaturated/α-hetero) is 1. The summed E-state index contributed by atoms with van der Waals surface area (Å²) < 4.78 is 43.7. The number of aromatic nitrogens is 1. The van der Waals surface area contributed by atoms with Gasteiger partial charge in [0.15, 0.2) is 11.5 Å². The largest absolute Gasteiger partial charge is 0.351 e. The highest BCUT2D eigenvalue weighted by molar-refractivity contribution is 6.30. The molecule has 4 rings (SSSR count). The molecule has 35 heavy (non-hydrogen) atoms. The van der Waals surface area contributed by atoms with Crippen molar-refractivity contribution in [3.63, 3.8) is 0 Å². The SMILES string of the molecule is NC(=O)n1cc(NC(=O)N2C[C@](F)(CF)C[C@H]2C(=O)CCc2cccc(Cl)c2F)c2ccccc21. The number of anilines is 1. The van der Waals surface area contributed by atoms with E-state index in [-0.39, 0.29) is 29.1 Å². The number of halogens is 4. The van der Waals surface area contributed by atoms with Crippen LogP contribution in [0, 0.1) is 5.82 Å². The number of amides is 3. The predicted octanol–water partition coefficient (Wildman–Crippen LogP) is 4.85. The number of nitrogens with zero attached hydrogens (tertiary/aromatic N) is 2. The predicted molar refractivity (Wildman–Crippen MR) is 126 cm³/mol. The number of para-hydroxylation sites is 1. The van der Waals surface area contributed by atoms with Crippen LogP contribution in [0.25, 0.3) is 10.9 Å². The molecule has 1 saturated heterocycles. The number of carbonyl (C=O) groups excluding carboxylic acids is 3. The minimum Gasteiger partial charge on any atom is -0.351 e. The fraction of sp³-hybridized carbons (Fsp3) is 0.292. The van der Waals surface area contributed by atoms with Crippen LogP contribution in [0.15, 0.2) is 48.7 Å². The lowest BCUT2D eigenvalue weighted by molar-refractivity contribution is -0.122. The van der Waals surface area contributed by atoms with Gasteiger partial charge < -0.3 is 16.0 Å². The highest BCUT2D eigenvalue weighted by Crippen LogP contribution is 2.34. The molecule has 1 aliphatic rings. The molecule has 3 N–H and O–H groups in total. The molecule has 0 spiro atoms. The molecule has 1 fully saturated rings. The number of primary amides is 1. The summed E-state index contributed by atoms with van der Waals surface area (Å²) in [6.07, 6.45) is 0.585. The molecule has 3 amide bonds. The maximum atomic E-state index is 15.0. The third-order valence-corrected chi connectivity index (χ3v) is 6.42. The number of aryl methyl sites for hydroxylation is 1. The Morgan fingerprint density at radius 3 is 2.63 bits per heavy atom. The van der Waals surface area contributed by atoms with Crippen molar-refractivity contribution in [3.8, 4) is 0 Å². The van der Waals surface area contributed by atoms with Crippen LogP contribution < -0.4 is 11.1 Å². The Labute approximate surface area is 203 Å². The molecule has 11 heteroatoms. The highest BCUT2D eigenvalue weighted by atomic mass is 35.5. The maximum Gasteiger partial charge on any atom is 0.323 e. The summed E-state index contributed by atoms with van der Waals surface area (Å²) in [4.78, 5) is 38.8. The Hall–Kier alpha value is -3.53. The number of hydrogen-bond acceptors (Lipinski definition) is 3. The van der Waals surface area contributed by atoms with E-state index >= 15 is 0 Å². The molecular formula is C24H22ClF3N4O3. The Bertz CT molecular complexity index is 1310. The minimum atomic E-state index is -2.39. The molecule has 1 aromatic heterocycles. The van der Waals surface area contributed by atoms with Crippen LogP contribution in [0.3, 0.4) is 0 Å². The molecule has 0 bridgehead atoms. The molecule has 0 saturated carbocycles. The lowest BCUT2D eigenvalue weighted by Crippen LogP contribution is -2.43. The number of nitrogens with one attached hydrogen (secondary N) is 1. The summed E-state index contributed by atoms with van der Waals surface area (Å²) in [6, 6.07) is 8.19. The highest BCUT2D eigenvalue weighted by Gasteiger charge is 2.49. The molecular weight excluding hydrogens is 485 g/mol. The average Bonchev–Trinajstić information content (AvgIpc) is 3.39. The van der Waals surface area contributed by atoms with Crippen molar-refractivity contribution in [1.82, 2.24) is 9.47 Å². The lowest BCUT2D eigenvalue weighted by atomic mass is 9.97. The van der Waals surface area contributed by atoms with E-state index in [0.717, 1.165) is 9.47 Å². The van der Waals surface area contributed by atoms with Gasteiger partial charge in [-0.05, 0) is 24.1 Å². The van der Waals surface area contributed by atoms with Crippen LogP contribution in [0.5, 0.6) is 0 Å². The van der Waals surface area contributed by atoms with Gasteiger partial charge in [-0.15, -0.1) is 0 Å². The van der Waals surface area contributed by atoms with E-state index in [1.54, 1.807) is 30.3 Å². The van der Waals surface area contributed by atoms with Gasteiger partial charge in [0.05, 0.1) is 28.8 Å². The molecule has 7 nitrogen and oxygen atoms in total. The van der Waals surface area contributed by atoms with Crippen molar-refractivity contribution in [2.75, 3.05) is 18.5 Å². The number of carbonyl (C=O) groups is 3. The monoisotopic (exact) mass is 506 g/mol. The number of hydrogen-bond donors (Lipinski definition) is 2. The van der Waals surface area contributed by atoms with E-state index < -0.39 is 55.0 Å². The summed E-state index contributed by atoms with van der Waals surface area (Å²) in [6.45, 7) is -2.00. The standard InChI is InChI=1S/C24H22ClF3N4O3/c25-16-6-3-4-14(21(16)27)8-9-20(33)19-10-24(28,12-26)13-32(19)23(35)30-17-11-31(22(29)34)18-7-2-1-5-15(17)18/h1-7,11,19H,8-10,12-13H2,(H2,29,34)(H,30,35)/t19-,24+/m0/s1. The first-order valence-corrected chi connectivity index (χ1v) is 11.2. The molecule has 0 aliphatic carbocycles. The fourth-order valence-electron chi connectivity index (χ4n) is 4.35. The van der Waals surface area contributed by atoms with Crippen molar-refractivity contribution in [3.05, 3.63) is 65.1 Å². The summed E-state index contributed by atoms with van der Waals surface area (Å²) >= 11 is 5.77. The van der Waals surface area contributed by atoms with Gasteiger partial charge in [-0.2, -0.15) is 0 Å². The minimum absolute atomic E-state index is 0.0157. The zero-order valence-corrected chi connectivity index (χ0v) is 19.2. The number of nitrogens with two attached hydrogens (primary N) is 1. The second-order valence-electron chi connectivity index (χ2n) is 8.51.